The van der Waals surface area contributed by atoms with E-state index >= 15 is 0 Å². The lowest BCUT2D eigenvalue weighted by Crippen LogP contribution is -2.27. The van der Waals surface area contributed by atoms with Crippen LogP contribution in [0.25, 0.3) is 0 Å². The van der Waals surface area contributed by atoms with Crippen molar-refractivity contribution in [2.75, 3.05) is 5.75 Å². The summed E-state index contributed by atoms with van der Waals surface area (Å²) in [4.78, 5) is 25.1. The monoisotopic (exact) mass is 450 g/mol. The molecule has 0 amide bonds. The van der Waals surface area contributed by atoms with Crippen LogP contribution in [0.4, 0.5) is 0 Å². The fourth-order valence-electron chi connectivity index (χ4n) is 3.63. The maximum Gasteiger partial charge on any atom is 0.173 e. The standard InChI is InChI=1S/C25H23ClN2O2S/c1-4-17-5-7-19(8-6-17)24-21(13-27)25(28-15(2)23(24)16(3)29)31-14-22(30)18-9-11-20(26)12-10-18/h5-12,24,28H,4,14H2,1-3H3/t24-/m0/s1. The number of Topliss-reactive ketones (excluding diaryl/α,β-unsaturated/α-hetero) is 2. The van der Waals surface area contributed by atoms with Gasteiger partial charge in [0.25, 0.3) is 0 Å². The molecule has 0 spiro atoms. The van der Waals surface area contributed by atoms with E-state index in [1.807, 2.05) is 31.2 Å². The predicted molar refractivity (Wildman–Crippen MR) is 126 cm³/mol. The van der Waals surface area contributed by atoms with Crippen molar-refractivity contribution in [3.8, 4) is 6.07 Å². The van der Waals surface area contributed by atoms with Gasteiger partial charge in [-0.25, -0.2) is 0 Å². The average Bonchev–Trinajstić information content (AvgIpc) is 2.77. The van der Waals surface area contributed by atoms with Crippen molar-refractivity contribution in [2.24, 2.45) is 0 Å². The fourth-order valence-corrected chi connectivity index (χ4v) is 4.74. The number of carbonyl (C=O) groups is 2. The van der Waals surface area contributed by atoms with Crippen molar-refractivity contribution in [2.45, 2.75) is 33.1 Å². The van der Waals surface area contributed by atoms with Gasteiger partial charge in [-0.2, -0.15) is 5.26 Å². The lowest BCUT2D eigenvalue weighted by Gasteiger charge is -2.29. The molecule has 4 nitrogen and oxygen atoms in total. The van der Waals surface area contributed by atoms with Crippen LogP contribution in [0.15, 0.2) is 70.4 Å². The summed E-state index contributed by atoms with van der Waals surface area (Å²) < 4.78 is 0. The van der Waals surface area contributed by atoms with Gasteiger partial charge in [0.05, 0.1) is 28.3 Å². The number of nitriles is 1. The van der Waals surface area contributed by atoms with Gasteiger partial charge in [0.2, 0.25) is 0 Å². The minimum Gasteiger partial charge on any atom is -0.353 e. The minimum absolute atomic E-state index is 0.0592. The molecule has 1 aliphatic rings. The van der Waals surface area contributed by atoms with E-state index < -0.39 is 5.92 Å². The van der Waals surface area contributed by atoms with Gasteiger partial charge in [0.15, 0.2) is 11.6 Å². The van der Waals surface area contributed by atoms with E-state index in [4.69, 9.17) is 11.6 Å². The van der Waals surface area contributed by atoms with E-state index in [1.54, 1.807) is 24.3 Å². The van der Waals surface area contributed by atoms with E-state index in [-0.39, 0.29) is 17.3 Å². The SMILES string of the molecule is CCc1ccc([C@H]2C(C#N)=C(SCC(=O)c3ccc(Cl)cc3)NC(C)=C2C(C)=O)cc1. The summed E-state index contributed by atoms with van der Waals surface area (Å²) in [5.41, 5.74) is 4.38. The summed E-state index contributed by atoms with van der Waals surface area (Å²) >= 11 is 7.18. The summed E-state index contributed by atoms with van der Waals surface area (Å²) in [5, 5.41) is 14.4. The van der Waals surface area contributed by atoms with Gasteiger partial charge >= 0.3 is 0 Å². The summed E-state index contributed by atoms with van der Waals surface area (Å²) in [7, 11) is 0. The molecule has 2 aromatic rings. The molecule has 0 unspecified atom stereocenters. The first-order chi connectivity index (χ1) is 14.8. The molecule has 0 bridgehead atoms. The number of allylic oxidation sites excluding steroid dienone is 3. The molecular weight excluding hydrogens is 428 g/mol. The minimum atomic E-state index is -0.456. The van der Waals surface area contributed by atoms with Crippen LogP contribution in [0.5, 0.6) is 0 Å². The second-order valence-electron chi connectivity index (χ2n) is 7.32. The molecule has 1 aliphatic heterocycles. The average molecular weight is 451 g/mol. The first-order valence-electron chi connectivity index (χ1n) is 9.99. The molecule has 3 rings (SSSR count). The van der Waals surface area contributed by atoms with Gasteiger partial charge in [0, 0.05) is 21.9 Å². The van der Waals surface area contributed by atoms with Crippen LogP contribution in [0.3, 0.4) is 0 Å². The van der Waals surface area contributed by atoms with Gasteiger partial charge < -0.3 is 5.32 Å². The number of hydrogen-bond donors (Lipinski definition) is 1. The third-order valence-corrected chi connectivity index (χ3v) is 6.53. The largest absolute Gasteiger partial charge is 0.353 e. The lowest BCUT2D eigenvalue weighted by atomic mass is 9.81. The third kappa shape index (κ3) is 5.10. The Labute approximate surface area is 192 Å². The Hall–Kier alpha value is -2.81. The Morgan fingerprint density at radius 3 is 2.32 bits per heavy atom. The van der Waals surface area contributed by atoms with Crippen molar-refractivity contribution < 1.29 is 9.59 Å². The zero-order valence-corrected chi connectivity index (χ0v) is 19.2. The number of nitrogens with zero attached hydrogens (tertiary/aromatic N) is 1. The lowest BCUT2D eigenvalue weighted by molar-refractivity contribution is -0.113. The van der Waals surface area contributed by atoms with Crippen LogP contribution in [0.1, 0.15) is 48.2 Å². The smallest absolute Gasteiger partial charge is 0.173 e. The van der Waals surface area contributed by atoms with Crippen molar-refractivity contribution in [3.63, 3.8) is 0 Å². The van der Waals surface area contributed by atoms with E-state index in [2.05, 4.69) is 18.3 Å². The van der Waals surface area contributed by atoms with Gasteiger partial charge in [-0.05, 0) is 55.7 Å². The zero-order valence-electron chi connectivity index (χ0n) is 17.7. The molecule has 0 fully saturated rings. The van der Waals surface area contributed by atoms with Gasteiger partial charge in [0.1, 0.15) is 0 Å². The van der Waals surface area contributed by atoms with Crippen LogP contribution in [0.2, 0.25) is 5.02 Å². The molecule has 1 heterocycles. The Bertz CT molecular complexity index is 1110. The van der Waals surface area contributed by atoms with Crippen LogP contribution in [-0.4, -0.2) is 17.3 Å². The number of aryl methyl sites for hydroxylation is 1. The number of carbonyl (C=O) groups excluding carboxylic acids is 2. The molecular formula is C25H23ClN2O2S. The molecule has 0 aliphatic carbocycles. The fraction of sp³-hybridized carbons (Fsp3) is 0.240. The highest BCUT2D eigenvalue weighted by molar-refractivity contribution is 8.03. The quantitative estimate of drug-likeness (QED) is 0.539. The van der Waals surface area contributed by atoms with E-state index in [0.29, 0.717) is 32.5 Å². The molecule has 1 atom stereocenters. The van der Waals surface area contributed by atoms with Crippen molar-refractivity contribution in [1.82, 2.24) is 5.32 Å². The maximum absolute atomic E-state index is 12.6. The van der Waals surface area contributed by atoms with Gasteiger partial charge in [-0.1, -0.05) is 54.6 Å². The molecule has 2 aromatic carbocycles. The number of rotatable bonds is 7. The number of halogens is 1. The topological polar surface area (TPSA) is 70.0 Å². The summed E-state index contributed by atoms with van der Waals surface area (Å²) in [5.74, 6) is -0.429. The van der Waals surface area contributed by atoms with Gasteiger partial charge in [-0.3, -0.25) is 9.59 Å². The van der Waals surface area contributed by atoms with Crippen LogP contribution in [0, 0.1) is 11.3 Å². The Balaban J connectivity index is 1.94. The number of thioether (sulfide) groups is 1. The first kappa shape index (κ1) is 22.9. The van der Waals surface area contributed by atoms with E-state index in [1.165, 1.54) is 24.2 Å². The molecule has 1 N–H and O–H groups in total. The van der Waals surface area contributed by atoms with Crippen molar-refractivity contribution in [1.29, 1.82) is 5.26 Å². The number of hydrogen-bond acceptors (Lipinski definition) is 5. The molecule has 31 heavy (non-hydrogen) atoms. The molecule has 0 saturated carbocycles. The zero-order chi connectivity index (χ0) is 22.5. The Morgan fingerprint density at radius 2 is 1.77 bits per heavy atom. The maximum atomic E-state index is 12.6. The van der Waals surface area contributed by atoms with Gasteiger partial charge in [-0.15, -0.1) is 0 Å². The Morgan fingerprint density at radius 1 is 1.13 bits per heavy atom. The summed E-state index contributed by atoms with van der Waals surface area (Å²) in [6.07, 6.45) is 0.912. The second-order valence-corrected chi connectivity index (χ2v) is 8.74. The molecule has 0 saturated heterocycles. The Kier molecular flexibility index (Phi) is 7.37. The number of benzene rings is 2. The van der Waals surface area contributed by atoms with E-state index in [9.17, 15) is 14.9 Å². The normalized spacial score (nSPS) is 16.0. The third-order valence-electron chi connectivity index (χ3n) is 5.26. The molecule has 0 aromatic heterocycles. The van der Waals surface area contributed by atoms with E-state index in [0.717, 1.165) is 12.0 Å². The molecule has 158 valence electrons. The predicted octanol–water partition coefficient (Wildman–Crippen LogP) is 5.80. The molecule has 0 radical (unpaired) electrons. The molecule has 6 heteroatoms. The first-order valence-corrected chi connectivity index (χ1v) is 11.4. The second kappa shape index (κ2) is 10.00. The van der Waals surface area contributed by atoms with Crippen LogP contribution >= 0.6 is 23.4 Å². The summed E-state index contributed by atoms with van der Waals surface area (Å²) in [6, 6.07) is 17.0. The number of nitrogens with one attached hydrogen (secondary N) is 1. The van der Waals surface area contributed by atoms with Crippen molar-refractivity contribution in [3.05, 3.63) is 92.1 Å². The summed E-state index contributed by atoms with van der Waals surface area (Å²) in [6.45, 7) is 5.43. The van der Waals surface area contributed by atoms with Crippen molar-refractivity contribution >= 4 is 34.9 Å². The van der Waals surface area contributed by atoms with Crippen LogP contribution < -0.4 is 5.32 Å². The number of dihydropyridines is 1. The highest BCUT2D eigenvalue weighted by Gasteiger charge is 2.33. The van der Waals surface area contributed by atoms with Crippen LogP contribution in [-0.2, 0) is 11.2 Å². The highest BCUT2D eigenvalue weighted by Crippen LogP contribution is 2.41. The number of ketones is 2. The highest BCUT2D eigenvalue weighted by atomic mass is 35.5.